The molecule has 2 atom stereocenters. The molecule has 14 heavy (non-hydrogen) atoms. The fraction of sp³-hybridized carbons (Fsp3) is 0.857. The first kappa shape index (κ1) is 11.3. The van der Waals surface area contributed by atoms with E-state index < -0.39 is 23.7 Å². The summed E-state index contributed by atoms with van der Waals surface area (Å²) in [6.07, 6.45) is -4.18. The van der Waals surface area contributed by atoms with Crippen molar-refractivity contribution < 1.29 is 32.2 Å². The molecule has 0 spiro atoms. The van der Waals surface area contributed by atoms with Crippen molar-refractivity contribution in [1.82, 2.24) is 0 Å². The molecule has 0 aliphatic carbocycles. The lowest BCUT2D eigenvalue weighted by Gasteiger charge is -2.18. The third-order valence-electron chi connectivity index (χ3n) is 1.79. The maximum atomic E-state index is 13.1. The van der Waals surface area contributed by atoms with Crippen LogP contribution in [0.25, 0.3) is 0 Å². The van der Waals surface area contributed by atoms with Crippen LogP contribution in [0.1, 0.15) is 13.8 Å². The van der Waals surface area contributed by atoms with Crippen molar-refractivity contribution >= 4 is 5.97 Å². The average molecular weight is 214 g/mol. The van der Waals surface area contributed by atoms with Gasteiger partial charge in [-0.3, -0.25) is 9.47 Å². The van der Waals surface area contributed by atoms with Gasteiger partial charge in [-0.25, -0.2) is 9.18 Å². The summed E-state index contributed by atoms with van der Waals surface area (Å²) in [6, 6.07) is 0. The standard InChI is InChI=1S/C7H9F3O4/c1-5(4(11)12-3)13-6(2,8)7(9,10)14-5/h1-3H3. The van der Waals surface area contributed by atoms with Gasteiger partial charge in [0.2, 0.25) is 0 Å². The van der Waals surface area contributed by atoms with Crippen molar-refractivity contribution in [2.24, 2.45) is 0 Å². The Labute approximate surface area is 77.9 Å². The summed E-state index contributed by atoms with van der Waals surface area (Å²) in [7, 11) is 0.951. The number of alkyl halides is 3. The van der Waals surface area contributed by atoms with E-state index in [-0.39, 0.29) is 0 Å². The van der Waals surface area contributed by atoms with Crippen LogP contribution in [0.2, 0.25) is 0 Å². The topological polar surface area (TPSA) is 44.8 Å². The van der Waals surface area contributed by atoms with Gasteiger partial charge in [0.25, 0.3) is 5.79 Å². The Bertz CT molecular complexity index is 248. The van der Waals surface area contributed by atoms with Crippen molar-refractivity contribution in [3.05, 3.63) is 0 Å². The maximum absolute atomic E-state index is 13.1. The third kappa shape index (κ3) is 1.46. The van der Waals surface area contributed by atoms with E-state index in [2.05, 4.69) is 14.2 Å². The molecular weight excluding hydrogens is 205 g/mol. The van der Waals surface area contributed by atoms with Crippen LogP contribution in [0.3, 0.4) is 0 Å². The zero-order chi connectivity index (χ0) is 11.2. The van der Waals surface area contributed by atoms with Gasteiger partial charge in [0.1, 0.15) is 0 Å². The summed E-state index contributed by atoms with van der Waals surface area (Å²) in [4.78, 5) is 10.9. The minimum Gasteiger partial charge on any atom is -0.465 e. The van der Waals surface area contributed by atoms with E-state index >= 15 is 0 Å². The highest BCUT2D eigenvalue weighted by molar-refractivity contribution is 5.77. The van der Waals surface area contributed by atoms with E-state index in [9.17, 15) is 18.0 Å². The van der Waals surface area contributed by atoms with Crippen molar-refractivity contribution in [2.45, 2.75) is 31.6 Å². The first-order valence-corrected chi connectivity index (χ1v) is 3.70. The molecule has 0 aromatic rings. The van der Waals surface area contributed by atoms with Gasteiger partial charge in [-0.05, 0) is 0 Å². The summed E-state index contributed by atoms with van der Waals surface area (Å²) in [5, 5.41) is 0. The molecule has 1 aliphatic rings. The van der Waals surface area contributed by atoms with Gasteiger partial charge in [0.05, 0.1) is 7.11 Å². The van der Waals surface area contributed by atoms with Gasteiger partial charge in [0.15, 0.2) is 0 Å². The predicted molar refractivity (Wildman–Crippen MR) is 37.1 cm³/mol. The van der Waals surface area contributed by atoms with Crippen LogP contribution in [0.15, 0.2) is 0 Å². The number of ether oxygens (including phenoxy) is 3. The van der Waals surface area contributed by atoms with E-state index in [1.807, 2.05) is 0 Å². The first-order valence-electron chi connectivity index (χ1n) is 3.70. The van der Waals surface area contributed by atoms with E-state index in [1.165, 1.54) is 0 Å². The number of carbonyl (C=O) groups is 1. The zero-order valence-corrected chi connectivity index (χ0v) is 7.77. The number of esters is 1. The van der Waals surface area contributed by atoms with Gasteiger partial charge < -0.3 is 4.74 Å². The van der Waals surface area contributed by atoms with Crippen LogP contribution >= 0.6 is 0 Å². The molecule has 4 nitrogen and oxygen atoms in total. The summed E-state index contributed by atoms with van der Waals surface area (Å²) in [5.74, 6) is -6.99. The Morgan fingerprint density at radius 2 is 1.71 bits per heavy atom. The molecule has 0 bridgehead atoms. The predicted octanol–water partition coefficient (Wildman–Crippen LogP) is 1.20. The van der Waals surface area contributed by atoms with Crippen molar-refractivity contribution in [3.8, 4) is 0 Å². The highest BCUT2D eigenvalue weighted by Gasteiger charge is 2.69. The molecule has 2 unspecified atom stereocenters. The molecule has 1 fully saturated rings. The molecule has 0 aromatic carbocycles. The van der Waals surface area contributed by atoms with Gasteiger partial charge in [-0.1, -0.05) is 0 Å². The van der Waals surface area contributed by atoms with Crippen LogP contribution in [0, 0.1) is 0 Å². The van der Waals surface area contributed by atoms with Gasteiger partial charge in [0, 0.05) is 13.8 Å². The van der Waals surface area contributed by atoms with Gasteiger partial charge >= 0.3 is 17.9 Å². The number of halogens is 3. The molecule has 7 heteroatoms. The Hall–Kier alpha value is -0.820. The lowest BCUT2D eigenvalue weighted by molar-refractivity contribution is -0.289. The molecule has 1 rings (SSSR count). The SMILES string of the molecule is COC(=O)C1(C)OC(C)(F)C(F)(F)O1. The summed E-state index contributed by atoms with van der Waals surface area (Å²) in [5.41, 5.74) is 0. The minimum absolute atomic E-state index is 0.473. The zero-order valence-electron chi connectivity index (χ0n) is 7.77. The summed E-state index contributed by atoms with van der Waals surface area (Å²) in [6.45, 7) is 1.33. The van der Waals surface area contributed by atoms with Gasteiger partial charge in [-0.2, -0.15) is 8.78 Å². The first-order chi connectivity index (χ1) is 6.15. The number of rotatable bonds is 1. The molecule has 0 N–H and O–H groups in total. The molecule has 82 valence electrons. The van der Waals surface area contributed by atoms with Crippen LogP contribution < -0.4 is 0 Å². The second kappa shape index (κ2) is 2.83. The number of methoxy groups -OCH3 is 1. The Morgan fingerprint density at radius 3 is 2.00 bits per heavy atom. The van der Waals surface area contributed by atoms with Crippen LogP contribution in [-0.4, -0.2) is 30.8 Å². The summed E-state index contributed by atoms with van der Waals surface area (Å²) < 4.78 is 50.9. The smallest absolute Gasteiger partial charge is 0.417 e. The van der Waals surface area contributed by atoms with Crippen molar-refractivity contribution in [2.75, 3.05) is 7.11 Å². The highest BCUT2D eigenvalue weighted by Crippen LogP contribution is 2.47. The maximum Gasteiger partial charge on any atom is 0.417 e. The van der Waals surface area contributed by atoms with Crippen molar-refractivity contribution in [1.29, 1.82) is 0 Å². The van der Waals surface area contributed by atoms with Crippen LogP contribution in [0.5, 0.6) is 0 Å². The van der Waals surface area contributed by atoms with E-state index in [0.717, 1.165) is 14.0 Å². The van der Waals surface area contributed by atoms with E-state index in [4.69, 9.17) is 0 Å². The quantitative estimate of drug-likeness (QED) is 0.615. The van der Waals surface area contributed by atoms with Crippen LogP contribution in [-0.2, 0) is 19.0 Å². The molecule has 0 saturated carbocycles. The van der Waals surface area contributed by atoms with Crippen LogP contribution in [0.4, 0.5) is 13.2 Å². The monoisotopic (exact) mass is 214 g/mol. The second-order valence-electron chi connectivity index (χ2n) is 3.07. The normalized spacial score (nSPS) is 41.0. The number of hydrogen-bond donors (Lipinski definition) is 0. The number of carbonyl (C=O) groups excluding carboxylic acids is 1. The lowest BCUT2D eigenvalue weighted by Crippen LogP contribution is -2.39. The molecule has 1 saturated heterocycles. The largest absolute Gasteiger partial charge is 0.465 e. The third-order valence-corrected chi connectivity index (χ3v) is 1.79. The molecule has 1 heterocycles. The summed E-state index contributed by atoms with van der Waals surface area (Å²) >= 11 is 0. The molecule has 0 aromatic heterocycles. The minimum atomic E-state index is -4.18. The Morgan fingerprint density at radius 1 is 1.21 bits per heavy atom. The number of hydrogen-bond acceptors (Lipinski definition) is 4. The molecule has 0 amide bonds. The van der Waals surface area contributed by atoms with Crippen molar-refractivity contribution in [3.63, 3.8) is 0 Å². The van der Waals surface area contributed by atoms with E-state index in [0.29, 0.717) is 6.92 Å². The second-order valence-corrected chi connectivity index (χ2v) is 3.07. The molecule has 1 aliphatic heterocycles. The lowest BCUT2D eigenvalue weighted by atomic mass is 10.3. The Kier molecular flexibility index (Phi) is 2.28. The Balaban J connectivity index is 2.96. The fourth-order valence-corrected chi connectivity index (χ4v) is 1.05. The highest BCUT2D eigenvalue weighted by atomic mass is 19.3. The molecule has 0 radical (unpaired) electrons. The van der Waals surface area contributed by atoms with Gasteiger partial charge in [-0.15, -0.1) is 0 Å². The van der Waals surface area contributed by atoms with E-state index in [1.54, 1.807) is 0 Å². The average Bonchev–Trinajstić information content (AvgIpc) is 2.16. The molecular formula is C7H9F3O4. The fourth-order valence-electron chi connectivity index (χ4n) is 1.05.